The number of anilines is 1. The van der Waals surface area contributed by atoms with Gasteiger partial charge in [-0.15, -0.1) is 0 Å². The van der Waals surface area contributed by atoms with Crippen molar-refractivity contribution in [3.05, 3.63) is 95.9 Å². The molecule has 0 spiro atoms. The number of ether oxygens (including phenoxy) is 1. The number of urea groups is 1. The van der Waals surface area contributed by atoms with Crippen molar-refractivity contribution >= 4 is 28.5 Å². The average Bonchev–Trinajstić information content (AvgIpc) is 3.33. The molecule has 198 valence electrons. The first-order valence-corrected chi connectivity index (χ1v) is 12.6. The summed E-state index contributed by atoms with van der Waals surface area (Å²) in [5.41, 5.74) is 3.09. The second-order valence-electron chi connectivity index (χ2n) is 9.37. The van der Waals surface area contributed by atoms with E-state index in [1.54, 1.807) is 24.1 Å². The van der Waals surface area contributed by atoms with E-state index >= 15 is 0 Å². The molecule has 0 aliphatic heterocycles. The molecule has 4 aromatic rings. The number of hydrogen-bond acceptors (Lipinski definition) is 3. The molecule has 0 bridgehead atoms. The Labute approximate surface area is 222 Å². The van der Waals surface area contributed by atoms with Crippen LogP contribution in [0.1, 0.15) is 25.0 Å². The number of nitrogens with one attached hydrogen (secondary N) is 2. The summed E-state index contributed by atoms with van der Waals surface area (Å²) in [5.74, 6) is -0.0593. The number of methoxy groups -OCH3 is 1. The lowest BCUT2D eigenvalue weighted by atomic mass is 10.1. The predicted octanol–water partition coefficient (Wildman–Crippen LogP) is 5.83. The number of benzene rings is 3. The van der Waals surface area contributed by atoms with Crippen molar-refractivity contribution in [2.24, 2.45) is 0 Å². The van der Waals surface area contributed by atoms with Gasteiger partial charge in [0, 0.05) is 41.8 Å². The third kappa shape index (κ3) is 6.32. The lowest BCUT2D eigenvalue weighted by Crippen LogP contribution is -2.47. The summed E-state index contributed by atoms with van der Waals surface area (Å²) in [4.78, 5) is 33.2. The van der Waals surface area contributed by atoms with Crippen LogP contribution in [-0.2, 0) is 17.8 Å². The highest BCUT2D eigenvalue weighted by Crippen LogP contribution is 2.22. The number of fused-ring (bicyclic) bond motifs is 1. The molecular weight excluding hydrogens is 483 g/mol. The molecule has 0 atom stereocenters. The Morgan fingerprint density at radius 3 is 2.45 bits per heavy atom. The molecule has 0 aliphatic carbocycles. The van der Waals surface area contributed by atoms with Gasteiger partial charge in [0.2, 0.25) is 5.91 Å². The Kier molecular flexibility index (Phi) is 8.63. The molecule has 0 radical (unpaired) electrons. The third-order valence-electron chi connectivity index (χ3n) is 6.54. The fourth-order valence-corrected chi connectivity index (χ4v) is 4.41. The van der Waals surface area contributed by atoms with Crippen molar-refractivity contribution in [2.45, 2.75) is 32.9 Å². The molecule has 2 N–H and O–H groups in total. The van der Waals surface area contributed by atoms with Crippen LogP contribution in [0.5, 0.6) is 5.75 Å². The molecule has 1 heterocycles. The monoisotopic (exact) mass is 516 g/mol. The summed E-state index contributed by atoms with van der Waals surface area (Å²) >= 11 is 0. The molecule has 0 aliphatic rings. The van der Waals surface area contributed by atoms with Crippen LogP contribution in [0.3, 0.4) is 0 Å². The number of nitrogens with zero attached hydrogens (tertiary/aromatic N) is 2. The minimum absolute atomic E-state index is 0.0702. The van der Waals surface area contributed by atoms with E-state index < -0.39 is 11.8 Å². The summed E-state index contributed by atoms with van der Waals surface area (Å²) in [6.07, 6.45) is 2.60. The number of H-pyrrole nitrogens is 1. The van der Waals surface area contributed by atoms with E-state index in [1.807, 2.05) is 62.5 Å². The third-order valence-corrected chi connectivity index (χ3v) is 6.54. The Bertz CT molecular complexity index is 1400. The van der Waals surface area contributed by atoms with Crippen molar-refractivity contribution in [1.82, 2.24) is 14.8 Å². The van der Waals surface area contributed by atoms with Crippen LogP contribution in [0.25, 0.3) is 10.9 Å². The smallest absolute Gasteiger partial charge is 0.322 e. The van der Waals surface area contributed by atoms with Crippen LogP contribution >= 0.6 is 0 Å². The summed E-state index contributed by atoms with van der Waals surface area (Å²) in [6, 6.07) is 20.8. The van der Waals surface area contributed by atoms with Gasteiger partial charge < -0.3 is 24.8 Å². The van der Waals surface area contributed by atoms with Gasteiger partial charge in [0.1, 0.15) is 18.1 Å². The second kappa shape index (κ2) is 12.3. The molecule has 4 rings (SSSR count). The van der Waals surface area contributed by atoms with Crippen molar-refractivity contribution in [3.8, 4) is 5.75 Å². The van der Waals surface area contributed by atoms with Gasteiger partial charge in [0.15, 0.2) is 0 Å². The van der Waals surface area contributed by atoms with Crippen molar-refractivity contribution in [1.29, 1.82) is 0 Å². The van der Waals surface area contributed by atoms with Gasteiger partial charge in [-0.3, -0.25) is 4.79 Å². The number of para-hydroxylation sites is 3. The molecule has 8 heteroatoms. The molecule has 7 nitrogen and oxygen atoms in total. The molecule has 0 unspecified atom stereocenters. The molecule has 0 saturated heterocycles. The highest BCUT2D eigenvalue weighted by molar-refractivity contribution is 5.92. The highest BCUT2D eigenvalue weighted by Gasteiger charge is 2.25. The normalized spacial score (nSPS) is 11.0. The van der Waals surface area contributed by atoms with Crippen molar-refractivity contribution < 1.29 is 18.7 Å². The molecular formula is C30H33FN4O3. The van der Waals surface area contributed by atoms with Crippen LogP contribution in [0.2, 0.25) is 0 Å². The van der Waals surface area contributed by atoms with Gasteiger partial charge in [-0.05, 0) is 50.1 Å². The minimum Gasteiger partial charge on any atom is -0.496 e. The van der Waals surface area contributed by atoms with Gasteiger partial charge in [-0.1, -0.05) is 48.5 Å². The fourth-order valence-electron chi connectivity index (χ4n) is 4.41. The average molecular weight is 517 g/mol. The topological polar surface area (TPSA) is 77.7 Å². The van der Waals surface area contributed by atoms with E-state index in [1.165, 1.54) is 17.0 Å². The molecule has 0 fully saturated rings. The molecule has 0 saturated carbocycles. The van der Waals surface area contributed by atoms with E-state index in [2.05, 4.69) is 16.4 Å². The number of carbonyl (C=O) groups excluding carboxylic acids is 2. The fraction of sp³-hybridized carbons (Fsp3) is 0.267. The molecule has 3 aromatic carbocycles. The van der Waals surface area contributed by atoms with E-state index in [4.69, 9.17) is 4.74 Å². The zero-order valence-corrected chi connectivity index (χ0v) is 21.9. The van der Waals surface area contributed by atoms with Gasteiger partial charge in [0.05, 0.1) is 12.8 Å². The van der Waals surface area contributed by atoms with E-state index in [9.17, 15) is 14.0 Å². The zero-order chi connectivity index (χ0) is 27.1. The van der Waals surface area contributed by atoms with Crippen LogP contribution in [0.4, 0.5) is 14.9 Å². The number of amides is 3. The van der Waals surface area contributed by atoms with Crippen molar-refractivity contribution in [2.75, 3.05) is 25.5 Å². The first-order chi connectivity index (χ1) is 18.4. The van der Waals surface area contributed by atoms with Gasteiger partial charge in [0.25, 0.3) is 0 Å². The summed E-state index contributed by atoms with van der Waals surface area (Å²) in [6.45, 7) is 4.27. The summed E-state index contributed by atoms with van der Waals surface area (Å²) < 4.78 is 19.7. The van der Waals surface area contributed by atoms with E-state index in [-0.39, 0.29) is 24.2 Å². The summed E-state index contributed by atoms with van der Waals surface area (Å²) in [5, 5.41) is 3.71. The first kappa shape index (κ1) is 26.7. The second-order valence-corrected chi connectivity index (χ2v) is 9.37. The maximum absolute atomic E-state index is 14.1. The lowest BCUT2D eigenvalue weighted by Gasteiger charge is -2.30. The van der Waals surface area contributed by atoms with Crippen LogP contribution < -0.4 is 10.1 Å². The number of halogens is 1. The quantitative estimate of drug-likeness (QED) is 0.278. The lowest BCUT2D eigenvalue weighted by molar-refractivity contribution is -0.132. The number of carbonyl (C=O) groups is 2. The van der Waals surface area contributed by atoms with E-state index in [0.717, 1.165) is 22.0 Å². The molecule has 3 amide bonds. The first-order valence-electron chi connectivity index (χ1n) is 12.6. The Morgan fingerprint density at radius 2 is 1.68 bits per heavy atom. The predicted molar refractivity (Wildman–Crippen MR) is 148 cm³/mol. The Balaban J connectivity index is 1.54. The number of aromatic amines is 1. The standard InChI is InChI=1S/C30H33FN4O3/c1-21(2)35(30(37)33-27-14-8-6-12-25(27)31)20-29(36)34(19-23-10-4-9-15-28(23)38-3)17-16-22-18-32-26-13-7-5-11-24(22)26/h4-15,18,21,32H,16-17,19-20H2,1-3H3,(H,33,37). The van der Waals surface area contributed by atoms with E-state index in [0.29, 0.717) is 25.3 Å². The molecule has 1 aromatic heterocycles. The van der Waals surface area contributed by atoms with Crippen molar-refractivity contribution in [3.63, 3.8) is 0 Å². The highest BCUT2D eigenvalue weighted by atomic mass is 19.1. The number of rotatable bonds is 10. The van der Waals surface area contributed by atoms with Crippen LogP contribution in [-0.4, -0.2) is 53.0 Å². The van der Waals surface area contributed by atoms with Crippen LogP contribution in [0, 0.1) is 5.82 Å². The van der Waals surface area contributed by atoms with Crippen LogP contribution in [0.15, 0.2) is 79.0 Å². The van der Waals surface area contributed by atoms with Gasteiger partial charge >= 0.3 is 6.03 Å². The number of hydrogen-bond donors (Lipinski definition) is 2. The summed E-state index contributed by atoms with van der Waals surface area (Å²) in [7, 11) is 1.60. The maximum atomic E-state index is 14.1. The minimum atomic E-state index is -0.535. The SMILES string of the molecule is COc1ccccc1CN(CCc1c[nH]c2ccccc12)C(=O)CN(C(=O)Nc1ccccc1F)C(C)C. The van der Waals surface area contributed by atoms with Gasteiger partial charge in [-0.25, -0.2) is 9.18 Å². The molecule has 38 heavy (non-hydrogen) atoms. The van der Waals surface area contributed by atoms with Gasteiger partial charge in [-0.2, -0.15) is 0 Å². The zero-order valence-electron chi connectivity index (χ0n) is 21.9. The number of aromatic nitrogens is 1. The Morgan fingerprint density at radius 1 is 0.974 bits per heavy atom. The largest absolute Gasteiger partial charge is 0.496 e. The Hall–Kier alpha value is -4.33. The maximum Gasteiger partial charge on any atom is 0.322 e.